The third kappa shape index (κ3) is 8.42. The van der Waals surface area contributed by atoms with E-state index < -0.39 is 0 Å². The van der Waals surface area contributed by atoms with Crippen molar-refractivity contribution < 1.29 is 5.11 Å². The number of nitrogens with zero attached hydrogens (tertiary/aromatic N) is 3. The average Bonchev–Trinajstić information content (AvgIpc) is 3.24. The predicted octanol–water partition coefficient (Wildman–Crippen LogP) is 14.6. The molecule has 0 atom stereocenters. The van der Waals surface area contributed by atoms with Gasteiger partial charge in [-0.1, -0.05) is 139 Å². The zero-order valence-corrected chi connectivity index (χ0v) is 34.5. The fourth-order valence-corrected chi connectivity index (χ4v) is 7.85. The average molecular weight is 750 g/mol. The molecule has 5 aromatic carbocycles. The largest absolute Gasteiger partial charge is 0.507 e. The summed E-state index contributed by atoms with van der Waals surface area (Å²) in [6, 6.07) is 51.3. The molecular formula is C53H55N3O. The molecule has 0 saturated carbocycles. The smallest absolute Gasteiger partial charge is 0.137 e. The Morgan fingerprint density at radius 3 is 1.84 bits per heavy atom. The van der Waals surface area contributed by atoms with E-state index in [4.69, 9.17) is 9.97 Å². The number of phenolic OH excluding ortho intramolecular Hbond substituents is 1. The molecule has 2 aromatic heterocycles. The van der Waals surface area contributed by atoms with Gasteiger partial charge >= 0.3 is 0 Å². The first-order valence-corrected chi connectivity index (χ1v) is 20.5. The Morgan fingerprint density at radius 2 is 1.21 bits per heavy atom. The van der Waals surface area contributed by atoms with E-state index in [9.17, 15) is 5.11 Å². The maximum Gasteiger partial charge on any atom is 0.137 e. The van der Waals surface area contributed by atoms with Crippen LogP contribution in [0.5, 0.6) is 5.75 Å². The van der Waals surface area contributed by atoms with E-state index in [2.05, 4.69) is 169 Å². The van der Waals surface area contributed by atoms with Gasteiger partial charge in [-0.05, 0) is 130 Å². The van der Waals surface area contributed by atoms with Gasteiger partial charge in [0.2, 0.25) is 0 Å². The van der Waals surface area contributed by atoms with Crippen LogP contribution < -0.4 is 4.90 Å². The van der Waals surface area contributed by atoms with Gasteiger partial charge in [0.05, 0.1) is 17.1 Å². The lowest BCUT2D eigenvalue weighted by Gasteiger charge is -2.32. The lowest BCUT2D eigenvalue weighted by atomic mass is 9.77. The Hall–Kier alpha value is -6.00. The van der Waals surface area contributed by atoms with Gasteiger partial charge in [-0.25, -0.2) is 9.97 Å². The SMILES string of the molecule is CCC(C)(CC)c1cc(-c2cc(-c3ccc(Cc4ccccc4)cc3)cc(N(c3ccccn3)c3c(C(C)C)cccc3C(C)C)c2)nc(-c2ccccc2O)c1. The first-order valence-electron chi connectivity index (χ1n) is 20.5. The van der Waals surface area contributed by atoms with Crippen molar-refractivity contribution >= 4 is 17.2 Å². The van der Waals surface area contributed by atoms with Crippen LogP contribution in [0.25, 0.3) is 33.6 Å². The van der Waals surface area contributed by atoms with E-state index >= 15 is 0 Å². The lowest BCUT2D eigenvalue weighted by molar-refractivity contribution is 0.438. The number of hydrogen-bond acceptors (Lipinski definition) is 4. The minimum atomic E-state index is -0.0752. The molecule has 57 heavy (non-hydrogen) atoms. The topological polar surface area (TPSA) is 49.2 Å². The molecule has 4 nitrogen and oxygen atoms in total. The van der Waals surface area contributed by atoms with Crippen LogP contribution in [0.2, 0.25) is 0 Å². The fourth-order valence-electron chi connectivity index (χ4n) is 7.85. The number of aromatic nitrogens is 2. The highest BCUT2D eigenvalue weighted by molar-refractivity contribution is 5.86. The van der Waals surface area contributed by atoms with Crippen LogP contribution in [0, 0.1) is 0 Å². The van der Waals surface area contributed by atoms with Crippen molar-refractivity contribution in [3.8, 4) is 39.4 Å². The molecule has 0 aliphatic carbocycles. The van der Waals surface area contributed by atoms with Crippen LogP contribution in [0.1, 0.15) is 101 Å². The maximum absolute atomic E-state index is 11.1. The van der Waals surface area contributed by atoms with Crippen molar-refractivity contribution in [2.24, 2.45) is 0 Å². The van der Waals surface area contributed by atoms with Gasteiger partial charge in [0.1, 0.15) is 11.6 Å². The zero-order valence-electron chi connectivity index (χ0n) is 34.5. The molecule has 1 N–H and O–H groups in total. The van der Waals surface area contributed by atoms with Crippen LogP contribution in [0.4, 0.5) is 17.2 Å². The van der Waals surface area contributed by atoms with Crippen molar-refractivity contribution in [2.75, 3.05) is 4.90 Å². The number of para-hydroxylation sites is 2. The van der Waals surface area contributed by atoms with E-state index in [0.717, 1.165) is 64.4 Å². The standard InChI is InChI=1S/C53H55N3O/c1-8-53(7,9-2)43-34-48(55-49(35-43)47-20-13-14-23-50(47)57)42-31-41(40-27-25-39(26-28-40)30-38-18-11-10-12-19-38)32-44(33-42)56(51-24-15-16-29-54-51)52-45(36(3)4)21-17-22-46(52)37(5)6/h10-29,31-37,57H,8-9,30H2,1-7H3. The molecule has 0 spiro atoms. The number of hydrogen-bond donors (Lipinski definition) is 1. The van der Waals surface area contributed by atoms with Gasteiger partial charge in [0, 0.05) is 23.0 Å². The number of pyridine rings is 2. The second-order valence-electron chi connectivity index (χ2n) is 16.2. The van der Waals surface area contributed by atoms with Crippen molar-refractivity contribution in [2.45, 2.75) is 85.0 Å². The van der Waals surface area contributed by atoms with E-state index in [1.807, 2.05) is 30.5 Å². The summed E-state index contributed by atoms with van der Waals surface area (Å²) in [5.74, 6) is 1.64. The highest BCUT2D eigenvalue weighted by atomic mass is 16.3. The highest BCUT2D eigenvalue weighted by Crippen LogP contribution is 2.46. The van der Waals surface area contributed by atoms with E-state index in [0.29, 0.717) is 0 Å². The molecule has 2 heterocycles. The van der Waals surface area contributed by atoms with Crippen LogP contribution in [0.3, 0.4) is 0 Å². The fraction of sp³-hybridized carbons (Fsp3) is 0.245. The number of rotatable bonds is 13. The monoisotopic (exact) mass is 749 g/mol. The van der Waals surface area contributed by atoms with E-state index in [1.165, 1.54) is 33.5 Å². The van der Waals surface area contributed by atoms with Crippen molar-refractivity contribution in [3.63, 3.8) is 0 Å². The Labute approximate surface area is 340 Å². The molecule has 4 heteroatoms. The van der Waals surface area contributed by atoms with Crippen molar-refractivity contribution in [3.05, 3.63) is 180 Å². The molecule has 0 amide bonds. The van der Waals surface area contributed by atoms with Gasteiger partial charge in [-0.3, -0.25) is 4.90 Å². The summed E-state index contributed by atoms with van der Waals surface area (Å²) >= 11 is 0. The minimum absolute atomic E-state index is 0.0752. The number of aromatic hydroxyl groups is 1. The number of anilines is 3. The van der Waals surface area contributed by atoms with Crippen molar-refractivity contribution in [1.82, 2.24) is 9.97 Å². The summed E-state index contributed by atoms with van der Waals surface area (Å²) in [5.41, 5.74) is 14.0. The molecule has 0 saturated heterocycles. The quantitative estimate of drug-likeness (QED) is 0.128. The number of benzene rings is 5. The summed E-state index contributed by atoms with van der Waals surface area (Å²) in [4.78, 5) is 12.7. The molecule has 0 aliphatic rings. The van der Waals surface area contributed by atoms with Crippen molar-refractivity contribution in [1.29, 1.82) is 0 Å². The normalized spacial score (nSPS) is 11.7. The van der Waals surface area contributed by atoms with Gasteiger partial charge in [0.15, 0.2) is 0 Å². The zero-order chi connectivity index (χ0) is 40.1. The van der Waals surface area contributed by atoms with Gasteiger partial charge in [0.25, 0.3) is 0 Å². The second kappa shape index (κ2) is 17.0. The summed E-state index contributed by atoms with van der Waals surface area (Å²) in [7, 11) is 0. The maximum atomic E-state index is 11.1. The highest BCUT2D eigenvalue weighted by Gasteiger charge is 2.27. The second-order valence-corrected chi connectivity index (χ2v) is 16.2. The molecule has 0 unspecified atom stereocenters. The molecule has 0 aliphatic heterocycles. The Kier molecular flexibility index (Phi) is 11.7. The molecule has 288 valence electrons. The Morgan fingerprint density at radius 1 is 0.596 bits per heavy atom. The first kappa shape index (κ1) is 39.2. The summed E-state index contributed by atoms with van der Waals surface area (Å²) in [6.07, 6.45) is 4.71. The summed E-state index contributed by atoms with van der Waals surface area (Å²) in [5, 5.41) is 11.1. The predicted molar refractivity (Wildman–Crippen MR) is 240 cm³/mol. The van der Waals surface area contributed by atoms with E-state index in [1.54, 1.807) is 6.07 Å². The Bertz CT molecular complexity index is 2400. The van der Waals surface area contributed by atoms with Crippen LogP contribution in [-0.4, -0.2) is 15.1 Å². The third-order valence-corrected chi connectivity index (χ3v) is 11.7. The summed E-state index contributed by atoms with van der Waals surface area (Å²) < 4.78 is 0. The molecule has 0 bridgehead atoms. The number of phenols is 1. The van der Waals surface area contributed by atoms with Gasteiger partial charge < -0.3 is 5.11 Å². The molecular weight excluding hydrogens is 695 g/mol. The summed E-state index contributed by atoms with van der Waals surface area (Å²) in [6.45, 7) is 15.9. The van der Waals surface area contributed by atoms with Crippen LogP contribution >= 0.6 is 0 Å². The molecule has 0 fully saturated rings. The van der Waals surface area contributed by atoms with Gasteiger partial charge in [-0.2, -0.15) is 0 Å². The molecule has 7 aromatic rings. The Balaban J connectivity index is 1.51. The van der Waals surface area contributed by atoms with Crippen LogP contribution in [0.15, 0.2) is 152 Å². The molecule has 0 radical (unpaired) electrons. The molecule has 7 rings (SSSR count). The minimum Gasteiger partial charge on any atom is -0.507 e. The first-order chi connectivity index (χ1) is 27.6. The lowest BCUT2D eigenvalue weighted by Crippen LogP contribution is -2.20. The van der Waals surface area contributed by atoms with Crippen LogP contribution in [-0.2, 0) is 11.8 Å². The third-order valence-electron chi connectivity index (χ3n) is 11.7. The van der Waals surface area contributed by atoms with Gasteiger partial charge in [-0.15, -0.1) is 0 Å². The van der Waals surface area contributed by atoms with E-state index in [-0.39, 0.29) is 23.0 Å².